The summed E-state index contributed by atoms with van der Waals surface area (Å²) in [6, 6.07) is 2.08. The molecule has 1 atom stereocenters. The first kappa shape index (κ1) is 16.2. The number of carboxylic acids is 1. The van der Waals surface area contributed by atoms with Crippen LogP contribution in [0.5, 0.6) is 0 Å². The Kier molecular flexibility index (Phi) is 6.24. The average Bonchev–Trinajstić information content (AvgIpc) is 2.38. The molecule has 0 radical (unpaired) electrons. The minimum atomic E-state index is -1.09. The molecule has 0 unspecified atom stereocenters. The van der Waals surface area contributed by atoms with Crippen LogP contribution in [0.3, 0.4) is 0 Å². The normalized spacial score (nSPS) is 11.8. The molecule has 0 aliphatic carbocycles. The van der Waals surface area contributed by atoms with Crippen molar-refractivity contribution in [2.75, 3.05) is 5.32 Å². The van der Waals surface area contributed by atoms with E-state index in [0.29, 0.717) is 12.8 Å². The number of urea groups is 1. The van der Waals surface area contributed by atoms with E-state index in [2.05, 4.69) is 10.6 Å². The number of nitrogens with one attached hydrogen (secondary N) is 2. The molecule has 0 aromatic heterocycles. The molecule has 0 aliphatic heterocycles. The lowest BCUT2D eigenvalue weighted by atomic mass is 10.1. The Balaban J connectivity index is 2.60. The summed E-state index contributed by atoms with van der Waals surface area (Å²) >= 11 is 5.58. The molecule has 0 fully saturated rings. The van der Waals surface area contributed by atoms with Crippen LogP contribution >= 0.6 is 11.6 Å². The average molecular weight is 303 g/mol. The van der Waals surface area contributed by atoms with Crippen molar-refractivity contribution < 1.29 is 19.1 Å². The molecule has 1 aromatic rings. The largest absolute Gasteiger partial charge is 0.480 e. The Morgan fingerprint density at radius 3 is 2.70 bits per heavy atom. The van der Waals surface area contributed by atoms with Crippen molar-refractivity contribution in [2.24, 2.45) is 0 Å². The lowest BCUT2D eigenvalue weighted by molar-refractivity contribution is -0.139. The van der Waals surface area contributed by atoms with Crippen molar-refractivity contribution >= 4 is 29.3 Å². The smallest absolute Gasteiger partial charge is 0.326 e. The van der Waals surface area contributed by atoms with Gasteiger partial charge >= 0.3 is 12.0 Å². The van der Waals surface area contributed by atoms with Crippen molar-refractivity contribution in [1.29, 1.82) is 0 Å². The highest BCUT2D eigenvalue weighted by Gasteiger charge is 2.19. The second kappa shape index (κ2) is 7.69. The highest BCUT2D eigenvalue weighted by Crippen LogP contribution is 2.19. The van der Waals surface area contributed by atoms with Gasteiger partial charge in [0.2, 0.25) is 0 Å². The fourth-order valence-electron chi connectivity index (χ4n) is 1.56. The number of carboxylic acid groups (broad SMARTS) is 1. The molecule has 0 heterocycles. The van der Waals surface area contributed by atoms with Crippen molar-refractivity contribution in [2.45, 2.75) is 32.2 Å². The van der Waals surface area contributed by atoms with Crippen LogP contribution in [0.4, 0.5) is 14.9 Å². The standard InChI is InChI=1S/C13H16ClFN2O3/c1-2-3-4-11(12(18)19)17-13(20)16-8-5-6-10(15)9(14)7-8/h5-7,11H,2-4H2,1H3,(H,18,19)(H2,16,17,20)/t11-/m0/s1. The summed E-state index contributed by atoms with van der Waals surface area (Å²) in [4.78, 5) is 22.6. The highest BCUT2D eigenvalue weighted by atomic mass is 35.5. The Labute approximate surface area is 121 Å². The number of carbonyl (C=O) groups is 2. The number of carbonyl (C=O) groups excluding carboxylic acids is 1. The zero-order chi connectivity index (χ0) is 15.1. The van der Waals surface area contributed by atoms with Crippen LogP contribution in [0.15, 0.2) is 18.2 Å². The molecular weight excluding hydrogens is 287 g/mol. The number of benzene rings is 1. The third kappa shape index (κ3) is 5.05. The van der Waals surface area contributed by atoms with E-state index in [1.54, 1.807) is 0 Å². The quantitative estimate of drug-likeness (QED) is 0.755. The Hall–Kier alpha value is -1.82. The van der Waals surface area contributed by atoms with Crippen LogP contribution in [0.25, 0.3) is 0 Å². The lowest BCUT2D eigenvalue weighted by Crippen LogP contribution is -2.42. The SMILES string of the molecule is CCCC[C@H](NC(=O)Nc1ccc(F)c(Cl)c1)C(=O)O. The minimum Gasteiger partial charge on any atom is -0.480 e. The predicted molar refractivity (Wildman–Crippen MR) is 74.5 cm³/mol. The fourth-order valence-corrected chi connectivity index (χ4v) is 1.75. The van der Waals surface area contributed by atoms with Gasteiger partial charge in [0.05, 0.1) is 5.02 Å². The number of aliphatic carboxylic acids is 1. The number of amides is 2. The Bertz CT molecular complexity index is 497. The molecule has 5 nitrogen and oxygen atoms in total. The molecule has 3 N–H and O–H groups in total. The molecule has 1 rings (SSSR count). The third-order valence-corrected chi connectivity index (χ3v) is 2.92. The molecule has 1 aromatic carbocycles. The minimum absolute atomic E-state index is 0.122. The zero-order valence-corrected chi connectivity index (χ0v) is 11.7. The molecule has 0 saturated heterocycles. The number of anilines is 1. The van der Waals surface area contributed by atoms with Crippen molar-refractivity contribution in [3.8, 4) is 0 Å². The predicted octanol–water partition coefficient (Wildman–Crippen LogP) is 3.24. The first-order chi connectivity index (χ1) is 9.43. The maximum atomic E-state index is 13.0. The van der Waals surface area contributed by atoms with Crippen molar-refractivity contribution in [3.05, 3.63) is 29.0 Å². The molecule has 20 heavy (non-hydrogen) atoms. The van der Waals surface area contributed by atoms with Crippen molar-refractivity contribution in [1.82, 2.24) is 5.32 Å². The molecule has 7 heteroatoms. The molecular formula is C13H16ClFN2O3. The monoisotopic (exact) mass is 302 g/mol. The third-order valence-electron chi connectivity index (χ3n) is 2.63. The first-order valence-corrected chi connectivity index (χ1v) is 6.57. The van der Waals surface area contributed by atoms with Gasteiger partial charge in [0.1, 0.15) is 11.9 Å². The Morgan fingerprint density at radius 1 is 1.45 bits per heavy atom. The van der Waals surface area contributed by atoms with Gasteiger partial charge in [0.15, 0.2) is 0 Å². The van der Waals surface area contributed by atoms with E-state index >= 15 is 0 Å². The van der Waals surface area contributed by atoms with E-state index < -0.39 is 23.9 Å². The summed E-state index contributed by atoms with van der Waals surface area (Å²) < 4.78 is 13.0. The van der Waals surface area contributed by atoms with E-state index in [1.165, 1.54) is 12.1 Å². The van der Waals surface area contributed by atoms with Gasteiger partial charge in [-0.25, -0.2) is 14.0 Å². The van der Waals surface area contributed by atoms with Crippen LogP contribution in [-0.2, 0) is 4.79 Å². The molecule has 0 spiro atoms. The van der Waals surface area contributed by atoms with Crippen LogP contribution in [-0.4, -0.2) is 23.1 Å². The molecule has 0 saturated carbocycles. The fraction of sp³-hybridized carbons (Fsp3) is 0.385. The van der Waals surface area contributed by atoms with Crippen LogP contribution in [0.2, 0.25) is 5.02 Å². The van der Waals surface area contributed by atoms with Crippen molar-refractivity contribution in [3.63, 3.8) is 0 Å². The van der Waals surface area contributed by atoms with Gasteiger partial charge in [-0.05, 0) is 24.6 Å². The van der Waals surface area contributed by atoms with E-state index in [-0.39, 0.29) is 10.7 Å². The second-order valence-electron chi connectivity index (χ2n) is 4.26. The van der Waals surface area contributed by atoms with Gasteiger partial charge in [-0.2, -0.15) is 0 Å². The van der Waals surface area contributed by atoms with Crippen LogP contribution < -0.4 is 10.6 Å². The Morgan fingerprint density at radius 2 is 2.15 bits per heavy atom. The second-order valence-corrected chi connectivity index (χ2v) is 4.67. The van der Waals surface area contributed by atoms with E-state index in [4.69, 9.17) is 16.7 Å². The summed E-state index contributed by atoms with van der Waals surface area (Å²) in [5, 5.41) is 13.6. The van der Waals surface area contributed by atoms with E-state index in [9.17, 15) is 14.0 Å². The first-order valence-electron chi connectivity index (χ1n) is 6.19. The van der Waals surface area contributed by atoms with Gasteiger partial charge < -0.3 is 15.7 Å². The summed E-state index contributed by atoms with van der Waals surface area (Å²) in [7, 11) is 0. The number of rotatable bonds is 6. The number of hydrogen-bond acceptors (Lipinski definition) is 2. The highest BCUT2D eigenvalue weighted by molar-refractivity contribution is 6.31. The lowest BCUT2D eigenvalue weighted by Gasteiger charge is -2.14. The van der Waals surface area contributed by atoms with E-state index in [1.807, 2.05) is 6.92 Å². The maximum absolute atomic E-state index is 13.0. The molecule has 0 aliphatic rings. The summed E-state index contributed by atoms with van der Waals surface area (Å²) in [5.74, 6) is -1.69. The van der Waals surface area contributed by atoms with Gasteiger partial charge in [-0.1, -0.05) is 31.4 Å². The summed E-state index contributed by atoms with van der Waals surface area (Å²) in [5.41, 5.74) is 0.286. The number of halogens is 2. The maximum Gasteiger partial charge on any atom is 0.326 e. The summed E-state index contributed by atoms with van der Waals surface area (Å²) in [6.45, 7) is 1.93. The molecule has 2 amide bonds. The molecule has 0 bridgehead atoms. The molecule has 110 valence electrons. The number of hydrogen-bond donors (Lipinski definition) is 3. The summed E-state index contributed by atoms with van der Waals surface area (Å²) in [6.07, 6.45) is 1.88. The van der Waals surface area contributed by atoms with Gasteiger partial charge in [0.25, 0.3) is 0 Å². The van der Waals surface area contributed by atoms with Gasteiger partial charge in [0, 0.05) is 5.69 Å². The number of unbranched alkanes of at least 4 members (excludes halogenated alkanes) is 1. The topological polar surface area (TPSA) is 78.4 Å². The van der Waals surface area contributed by atoms with Gasteiger partial charge in [-0.15, -0.1) is 0 Å². The van der Waals surface area contributed by atoms with Gasteiger partial charge in [-0.3, -0.25) is 0 Å². The zero-order valence-electron chi connectivity index (χ0n) is 11.0. The van der Waals surface area contributed by atoms with E-state index in [0.717, 1.165) is 12.5 Å². The van der Waals surface area contributed by atoms with Crippen LogP contribution in [0, 0.1) is 5.82 Å². The van der Waals surface area contributed by atoms with Crippen LogP contribution in [0.1, 0.15) is 26.2 Å².